The van der Waals surface area contributed by atoms with Crippen LogP contribution in [0.15, 0.2) is 35.5 Å². The Balaban J connectivity index is 1.43. The number of hydrogen-bond donors (Lipinski definition) is 3. The predicted octanol–water partition coefficient (Wildman–Crippen LogP) is 4.13. The molecule has 1 aliphatic rings. The van der Waals surface area contributed by atoms with E-state index in [1.165, 1.54) is 36.4 Å². The molecule has 0 fully saturated rings. The Labute approximate surface area is 230 Å². The van der Waals surface area contributed by atoms with Crippen LogP contribution in [0.5, 0.6) is 5.75 Å². The van der Waals surface area contributed by atoms with Crippen LogP contribution in [0.4, 0.5) is 33.5 Å². The summed E-state index contributed by atoms with van der Waals surface area (Å²) in [6, 6.07) is 1.69. The van der Waals surface area contributed by atoms with Crippen LogP contribution >= 0.6 is 0 Å². The molecule has 41 heavy (non-hydrogen) atoms. The number of aldehydes is 1. The number of halogens is 5. The van der Waals surface area contributed by atoms with Gasteiger partial charge in [0.25, 0.3) is 5.56 Å². The second-order valence-corrected chi connectivity index (χ2v) is 9.38. The first-order valence-electron chi connectivity index (χ1n) is 12.4. The number of rotatable bonds is 10. The first-order chi connectivity index (χ1) is 19.5. The van der Waals surface area contributed by atoms with Crippen molar-refractivity contribution in [3.8, 4) is 17.1 Å². The Kier molecular flexibility index (Phi) is 8.83. The van der Waals surface area contributed by atoms with Crippen LogP contribution in [0.2, 0.25) is 0 Å². The third-order valence-corrected chi connectivity index (χ3v) is 6.09. The maximum atomic E-state index is 14.8. The van der Waals surface area contributed by atoms with Crippen molar-refractivity contribution in [2.24, 2.45) is 0 Å². The zero-order chi connectivity index (χ0) is 29.7. The highest BCUT2D eigenvalue weighted by atomic mass is 19.4. The number of anilines is 2. The number of ether oxygens (including phenoxy) is 1. The number of fused-ring (bicyclic) bond motifs is 1. The van der Waals surface area contributed by atoms with Crippen LogP contribution in [0.1, 0.15) is 34.8 Å². The molecule has 0 amide bonds. The van der Waals surface area contributed by atoms with E-state index in [1.54, 1.807) is 12.1 Å². The van der Waals surface area contributed by atoms with E-state index in [0.29, 0.717) is 36.6 Å². The Bertz CT molecular complexity index is 1500. The van der Waals surface area contributed by atoms with Gasteiger partial charge in [0.15, 0.2) is 23.7 Å². The number of nitrogens with zero attached hydrogens (tertiary/aromatic N) is 4. The maximum absolute atomic E-state index is 14.8. The van der Waals surface area contributed by atoms with Gasteiger partial charge >= 0.3 is 6.18 Å². The number of benzene rings is 1. The molecular formula is C26H26F5N7O3. The van der Waals surface area contributed by atoms with E-state index in [2.05, 4.69) is 25.7 Å². The second-order valence-electron chi connectivity index (χ2n) is 9.38. The molecule has 218 valence electrons. The summed E-state index contributed by atoms with van der Waals surface area (Å²) < 4.78 is 74.8. The van der Waals surface area contributed by atoms with E-state index in [-0.39, 0.29) is 29.9 Å². The number of aromatic nitrogens is 4. The first kappa shape index (κ1) is 29.4. The Morgan fingerprint density at radius 2 is 2.02 bits per heavy atom. The molecule has 1 aliphatic heterocycles. The van der Waals surface area contributed by atoms with Gasteiger partial charge in [0.1, 0.15) is 24.2 Å². The quantitative estimate of drug-likeness (QED) is 0.240. The minimum Gasteiger partial charge on any atom is -0.486 e. The molecule has 2 atom stereocenters. The summed E-state index contributed by atoms with van der Waals surface area (Å²) in [5.74, 6) is 0.227. The lowest BCUT2D eigenvalue weighted by Crippen LogP contribution is -2.30. The molecule has 4 rings (SSSR count). The van der Waals surface area contributed by atoms with Crippen molar-refractivity contribution >= 4 is 23.9 Å². The fourth-order valence-corrected chi connectivity index (χ4v) is 4.24. The summed E-state index contributed by atoms with van der Waals surface area (Å²) in [5, 5.41) is 10.7. The van der Waals surface area contributed by atoms with Crippen molar-refractivity contribution < 1.29 is 31.5 Å². The highest BCUT2D eigenvalue weighted by Gasteiger charge is 2.37. The van der Waals surface area contributed by atoms with Crippen molar-refractivity contribution in [1.29, 1.82) is 0 Å². The molecular weight excluding hydrogens is 553 g/mol. The smallest absolute Gasteiger partial charge is 0.423 e. The lowest BCUT2D eigenvalue weighted by Gasteiger charge is -2.22. The Morgan fingerprint density at radius 3 is 2.76 bits per heavy atom. The van der Waals surface area contributed by atoms with Crippen LogP contribution in [-0.2, 0) is 6.18 Å². The van der Waals surface area contributed by atoms with Gasteiger partial charge in [-0.05, 0) is 36.9 Å². The molecule has 3 aromatic rings. The molecule has 3 heterocycles. The highest BCUT2D eigenvalue weighted by Crippen LogP contribution is 2.32. The number of alkyl halides is 4. The average Bonchev–Trinajstić information content (AvgIpc) is 2.91. The third kappa shape index (κ3) is 7.15. The van der Waals surface area contributed by atoms with Crippen LogP contribution in [0.3, 0.4) is 0 Å². The normalized spacial score (nSPS) is 14.5. The van der Waals surface area contributed by atoms with Gasteiger partial charge < -0.3 is 20.3 Å². The molecule has 3 N–H and O–H groups in total. The van der Waals surface area contributed by atoms with Crippen molar-refractivity contribution in [1.82, 2.24) is 25.1 Å². The highest BCUT2D eigenvalue weighted by molar-refractivity contribution is 5.84. The average molecular weight is 580 g/mol. The van der Waals surface area contributed by atoms with E-state index < -0.39 is 41.0 Å². The van der Waals surface area contributed by atoms with Gasteiger partial charge in [-0.1, -0.05) is 0 Å². The molecule has 0 spiro atoms. The van der Waals surface area contributed by atoms with Gasteiger partial charge in [-0.25, -0.2) is 23.8 Å². The van der Waals surface area contributed by atoms with Gasteiger partial charge in [0, 0.05) is 31.6 Å². The fraction of sp³-hybridized carbons (Fsp3) is 0.346. The van der Waals surface area contributed by atoms with Gasteiger partial charge in [-0.15, -0.1) is 0 Å². The fourth-order valence-electron chi connectivity index (χ4n) is 4.24. The van der Waals surface area contributed by atoms with Gasteiger partial charge in [0.2, 0.25) is 0 Å². The minimum atomic E-state index is -4.92. The van der Waals surface area contributed by atoms with Crippen LogP contribution in [0.25, 0.3) is 17.5 Å². The molecule has 0 saturated carbocycles. The molecule has 2 aromatic heterocycles. The van der Waals surface area contributed by atoms with Crippen molar-refractivity contribution in [2.45, 2.75) is 31.7 Å². The Hall–Kier alpha value is -4.56. The molecule has 0 aliphatic carbocycles. The topological polar surface area (TPSA) is 125 Å². The lowest BCUT2D eigenvalue weighted by molar-refractivity contribution is -0.138. The molecule has 0 bridgehead atoms. The molecule has 0 radical (unpaired) electrons. The monoisotopic (exact) mass is 579 g/mol. The van der Waals surface area contributed by atoms with Gasteiger partial charge in [0.05, 0.1) is 30.2 Å². The number of nitrogens with one attached hydrogen (secondary N) is 3. The molecule has 0 saturated heterocycles. The van der Waals surface area contributed by atoms with E-state index in [1.807, 2.05) is 0 Å². The summed E-state index contributed by atoms with van der Waals surface area (Å²) in [7, 11) is 1.56. The Morgan fingerprint density at radius 1 is 1.24 bits per heavy atom. The van der Waals surface area contributed by atoms with Crippen molar-refractivity contribution in [3.05, 3.63) is 63.6 Å². The van der Waals surface area contributed by atoms with E-state index >= 15 is 0 Å². The summed E-state index contributed by atoms with van der Waals surface area (Å²) in [6.45, 7) is 2.30. The van der Waals surface area contributed by atoms with E-state index in [0.717, 1.165) is 12.3 Å². The summed E-state index contributed by atoms with van der Waals surface area (Å²) in [4.78, 5) is 33.1. The van der Waals surface area contributed by atoms with Crippen molar-refractivity contribution in [2.75, 3.05) is 37.4 Å². The van der Waals surface area contributed by atoms with Crippen LogP contribution in [0, 0.1) is 5.82 Å². The number of carbonyl (C=O) groups is 1. The van der Waals surface area contributed by atoms with Crippen molar-refractivity contribution in [3.63, 3.8) is 0 Å². The first-order valence-corrected chi connectivity index (χ1v) is 12.4. The summed E-state index contributed by atoms with van der Waals surface area (Å²) in [6.07, 6.45) is -0.868. The molecule has 1 aromatic carbocycles. The summed E-state index contributed by atoms with van der Waals surface area (Å²) >= 11 is 0. The lowest BCUT2D eigenvalue weighted by atomic mass is 10.0. The largest absolute Gasteiger partial charge is 0.486 e. The molecule has 2 unspecified atom stereocenters. The SMILES string of the molecule is CC(CC(F)CN(C)/C=C\c1cc(-c2ncc3c(n2)NCCO3)c(F)cc1C=O)Nc1cn[nH]c(=O)c1C(F)(F)F. The maximum Gasteiger partial charge on any atom is 0.423 e. The molecule has 15 heteroatoms. The van der Waals surface area contributed by atoms with Gasteiger partial charge in [-0.2, -0.15) is 18.3 Å². The standard InChI is InChI=1S/C26H26F5N7O3/c1-14(35-20-10-34-37-25(40)22(20)26(29,30)31)7-17(27)12-38(2)5-3-15-8-18(19(28)9-16(15)13-39)23-33-11-21-24(36-23)32-4-6-41-21/h3,5,8-11,13-14,17H,4,6-7,12H2,1-2H3,(H,32,33,36)(H2,35,37,40)/b5-3-. The number of aromatic amines is 1. The third-order valence-electron chi connectivity index (χ3n) is 6.09. The van der Waals surface area contributed by atoms with Gasteiger partial charge in [-0.3, -0.25) is 9.59 Å². The number of H-pyrrole nitrogens is 1. The predicted molar refractivity (Wildman–Crippen MR) is 141 cm³/mol. The van der Waals surface area contributed by atoms with E-state index in [4.69, 9.17) is 4.74 Å². The zero-order valence-electron chi connectivity index (χ0n) is 21.9. The summed E-state index contributed by atoms with van der Waals surface area (Å²) in [5.41, 5.74) is -2.96. The number of hydrogen-bond acceptors (Lipinski definition) is 9. The number of carbonyl (C=O) groups excluding carboxylic acids is 1. The van der Waals surface area contributed by atoms with E-state index in [9.17, 15) is 31.5 Å². The molecule has 10 nitrogen and oxygen atoms in total. The second kappa shape index (κ2) is 12.3. The van der Waals surface area contributed by atoms with Crippen LogP contribution in [-0.4, -0.2) is 70.3 Å². The zero-order valence-corrected chi connectivity index (χ0v) is 21.9. The minimum absolute atomic E-state index is 0.0452. The van der Waals surface area contributed by atoms with Crippen LogP contribution < -0.4 is 20.9 Å².